The Morgan fingerprint density at radius 1 is 1.21 bits per heavy atom. The van der Waals surface area contributed by atoms with Crippen molar-refractivity contribution in [2.45, 2.75) is 13.0 Å². The molecule has 3 nitrogen and oxygen atoms in total. The number of benzene rings is 1. The summed E-state index contributed by atoms with van der Waals surface area (Å²) in [5.41, 5.74) is 1.57. The zero-order valence-corrected chi connectivity index (χ0v) is 11.6. The molecule has 0 aliphatic heterocycles. The molecule has 0 unspecified atom stereocenters. The fourth-order valence-corrected chi connectivity index (χ4v) is 2.07. The molecule has 0 bridgehead atoms. The third-order valence-electron chi connectivity index (χ3n) is 2.56. The van der Waals surface area contributed by atoms with Crippen LogP contribution in [0.25, 0.3) is 0 Å². The molecule has 0 atom stereocenters. The molecule has 0 aliphatic carbocycles. The first kappa shape index (κ1) is 13.8. The summed E-state index contributed by atoms with van der Waals surface area (Å²) < 4.78 is 0. The summed E-state index contributed by atoms with van der Waals surface area (Å²) in [5.74, 6) is -0.102. The van der Waals surface area contributed by atoms with Gasteiger partial charge in [-0.05, 0) is 29.8 Å². The number of carbonyl (C=O) groups is 1. The lowest BCUT2D eigenvalue weighted by atomic mass is 10.1. The van der Waals surface area contributed by atoms with Crippen molar-refractivity contribution in [3.05, 3.63) is 63.9 Å². The first-order valence-electron chi connectivity index (χ1n) is 5.75. The number of nitrogens with zero attached hydrogens (tertiary/aromatic N) is 1. The molecule has 0 radical (unpaired) electrons. The Morgan fingerprint density at radius 3 is 2.74 bits per heavy atom. The number of amides is 1. The van der Waals surface area contributed by atoms with Crippen LogP contribution in [0, 0.1) is 0 Å². The van der Waals surface area contributed by atoms with Crippen molar-refractivity contribution in [1.29, 1.82) is 0 Å². The normalized spacial score (nSPS) is 10.2. The van der Waals surface area contributed by atoms with Crippen molar-refractivity contribution < 1.29 is 4.79 Å². The van der Waals surface area contributed by atoms with Crippen LogP contribution in [0.3, 0.4) is 0 Å². The monoisotopic (exact) mass is 294 g/mol. The first-order chi connectivity index (χ1) is 9.15. The molecule has 1 N–H and O–H groups in total. The number of hydrogen-bond donors (Lipinski definition) is 1. The summed E-state index contributed by atoms with van der Waals surface area (Å²) in [4.78, 5) is 15.9. The lowest BCUT2D eigenvalue weighted by molar-refractivity contribution is -0.120. The number of aromatic nitrogens is 1. The van der Waals surface area contributed by atoms with Gasteiger partial charge in [-0.15, -0.1) is 0 Å². The van der Waals surface area contributed by atoms with Gasteiger partial charge in [0, 0.05) is 16.2 Å². The van der Waals surface area contributed by atoms with Gasteiger partial charge in [-0.3, -0.25) is 9.78 Å². The van der Waals surface area contributed by atoms with Crippen LogP contribution < -0.4 is 5.32 Å². The van der Waals surface area contributed by atoms with Gasteiger partial charge in [0.05, 0.1) is 18.7 Å². The van der Waals surface area contributed by atoms with E-state index in [-0.39, 0.29) is 12.3 Å². The van der Waals surface area contributed by atoms with E-state index in [1.807, 2.05) is 18.2 Å². The zero-order valence-electron chi connectivity index (χ0n) is 10.1. The topological polar surface area (TPSA) is 42.0 Å². The molecular weight excluding hydrogens is 283 g/mol. The average molecular weight is 295 g/mol. The van der Waals surface area contributed by atoms with Gasteiger partial charge in [-0.25, -0.2) is 0 Å². The van der Waals surface area contributed by atoms with Crippen molar-refractivity contribution in [3.8, 4) is 0 Å². The second-order valence-corrected chi connectivity index (χ2v) is 4.85. The van der Waals surface area contributed by atoms with Gasteiger partial charge in [0.1, 0.15) is 0 Å². The lowest BCUT2D eigenvalue weighted by Crippen LogP contribution is -2.25. The number of rotatable bonds is 4. The molecule has 0 aliphatic rings. The van der Waals surface area contributed by atoms with E-state index in [4.69, 9.17) is 23.2 Å². The summed E-state index contributed by atoms with van der Waals surface area (Å²) in [6, 6.07) is 10.7. The predicted octanol–water partition coefficient (Wildman–Crippen LogP) is 3.25. The molecule has 0 fully saturated rings. The summed E-state index contributed by atoms with van der Waals surface area (Å²) in [5, 5.41) is 3.85. The SMILES string of the molecule is O=C(Cc1ccc(Cl)cc1Cl)NCc1ccccn1. The van der Waals surface area contributed by atoms with Crippen LogP contribution in [0.1, 0.15) is 11.3 Å². The minimum atomic E-state index is -0.102. The maximum absolute atomic E-state index is 11.8. The molecule has 98 valence electrons. The summed E-state index contributed by atoms with van der Waals surface area (Å²) >= 11 is 11.8. The van der Waals surface area contributed by atoms with E-state index in [2.05, 4.69) is 10.3 Å². The Morgan fingerprint density at radius 2 is 2.05 bits per heavy atom. The van der Waals surface area contributed by atoms with Gasteiger partial charge in [-0.2, -0.15) is 0 Å². The van der Waals surface area contributed by atoms with Gasteiger partial charge >= 0.3 is 0 Å². The molecule has 19 heavy (non-hydrogen) atoms. The summed E-state index contributed by atoms with van der Waals surface area (Å²) in [6.07, 6.45) is 1.92. The molecule has 0 spiro atoms. The highest BCUT2D eigenvalue weighted by Gasteiger charge is 2.07. The van der Waals surface area contributed by atoms with E-state index in [9.17, 15) is 4.79 Å². The highest BCUT2D eigenvalue weighted by molar-refractivity contribution is 6.35. The van der Waals surface area contributed by atoms with Crippen LogP contribution in [0.5, 0.6) is 0 Å². The molecule has 2 aromatic rings. The van der Waals surface area contributed by atoms with Gasteiger partial charge < -0.3 is 5.32 Å². The molecule has 0 saturated heterocycles. The van der Waals surface area contributed by atoms with Crippen LogP contribution in [-0.2, 0) is 17.8 Å². The Labute approximate surface area is 121 Å². The standard InChI is InChI=1S/C14H12Cl2N2O/c15-11-5-4-10(13(16)8-11)7-14(19)18-9-12-3-1-2-6-17-12/h1-6,8H,7,9H2,(H,18,19). The highest BCUT2D eigenvalue weighted by Crippen LogP contribution is 2.21. The molecular formula is C14H12Cl2N2O. The van der Waals surface area contributed by atoms with Crippen molar-refractivity contribution in [2.75, 3.05) is 0 Å². The number of nitrogens with one attached hydrogen (secondary N) is 1. The van der Waals surface area contributed by atoms with Crippen molar-refractivity contribution in [1.82, 2.24) is 10.3 Å². The van der Waals surface area contributed by atoms with Gasteiger partial charge in [0.15, 0.2) is 0 Å². The molecule has 1 amide bonds. The molecule has 0 saturated carbocycles. The minimum absolute atomic E-state index is 0.102. The number of pyridine rings is 1. The maximum atomic E-state index is 11.8. The minimum Gasteiger partial charge on any atom is -0.350 e. The number of hydrogen-bond acceptors (Lipinski definition) is 2. The van der Waals surface area contributed by atoms with Gasteiger partial charge in [0.25, 0.3) is 0 Å². The quantitative estimate of drug-likeness (QED) is 0.940. The molecule has 5 heteroatoms. The van der Waals surface area contributed by atoms with Crippen molar-refractivity contribution in [3.63, 3.8) is 0 Å². The van der Waals surface area contributed by atoms with E-state index >= 15 is 0 Å². The van der Waals surface area contributed by atoms with Crippen LogP contribution >= 0.6 is 23.2 Å². The van der Waals surface area contributed by atoms with Crippen molar-refractivity contribution >= 4 is 29.1 Å². The Kier molecular flexibility index (Phi) is 4.77. The third-order valence-corrected chi connectivity index (χ3v) is 3.15. The number of halogens is 2. The predicted molar refractivity (Wildman–Crippen MR) is 76.2 cm³/mol. The second-order valence-electron chi connectivity index (χ2n) is 4.01. The largest absolute Gasteiger partial charge is 0.350 e. The average Bonchev–Trinajstić information content (AvgIpc) is 2.41. The zero-order chi connectivity index (χ0) is 13.7. The van der Waals surface area contributed by atoms with Gasteiger partial charge in [-0.1, -0.05) is 35.3 Å². The van der Waals surface area contributed by atoms with Crippen LogP contribution in [0.2, 0.25) is 10.0 Å². The second kappa shape index (κ2) is 6.55. The Bertz CT molecular complexity index is 573. The molecule has 1 aromatic carbocycles. The molecule has 1 heterocycles. The van der Waals surface area contributed by atoms with E-state index in [0.717, 1.165) is 11.3 Å². The van der Waals surface area contributed by atoms with E-state index < -0.39 is 0 Å². The van der Waals surface area contributed by atoms with Gasteiger partial charge in [0.2, 0.25) is 5.91 Å². The molecule has 2 rings (SSSR count). The summed E-state index contributed by atoms with van der Waals surface area (Å²) in [7, 11) is 0. The number of carbonyl (C=O) groups excluding carboxylic acids is 1. The van der Waals surface area contributed by atoms with E-state index in [0.29, 0.717) is 16.6 Å². The van der Waals surface area contributed by atoms with E-state index in [1.54, 1.807) is 24.4 Å². The highest BCUT2D eigenvalue weighted by atomic mass is 35.5. The lowest BCUT2D eigenvalue weighted by Gasteiger charge is -2.06. The smallest absolute Gasteiger partial charge is 0.224 e. The maximum Gasteiger partial charge on any atom is 0.224 e. The van der Waals surface area contributed by atoms with Crippen LogP contribution in [0.4, 0.5) is 0 Å². The Balaban J connectivity index is 1.91. The van der Waals surface area contributed by atoms with Crippen LogP contribution in [0.15, 0.2) is 42.6 Å². The summed E-state index contributed by atoms with van der Waals surface area (Å²) in [6.45, 7) is 0.408. The van der Waals surface area contributed by atoms with Crippen LogP contribution in [-0.4, -0.2) is 10.9 Å². The van der Waals surface area contributed by atoms with E-state index in [1.165, 1.54) is 0 Å². The Hall–Kier alpha value is -1.58. The van der Waals surface area contributed by atoms with Crippen molar-refractivity contribution in [2.24, 2.45) is 0 Å². The third kappa shape index (κ3) is 4.23. The fraction of sp³-hybridized carbons (Fsp3) is 0.143. The fourth-order valence-electron chi connectivity index (χ4n) is 1.59. The first-order valence-corrected chi connectivity index (χ1v) is 6.51. The molecule has 1 aromatic heterocycles.